The fourth-order valence-electron chi connectivity index (χ4n) is 3.21. The van der Waals surface area contributed by atoms with E-state index < -0.39 is 11.7 Å². The van der Waals surface area contributed by atoms with E-state index in [1.165, 1.54) is 6.20 Å². The summed E-state index contributed by atoms with van der Waals surface area (Å²) in [6.07, 6.45) is 2.36. The molecule has 2 N–H and O–H groups in total. The average Bonchev–Trinajstić information content (AvgIpc) is 3.11. The van der Waals surface area contributed by atoms with Crippen LogP contribution in [0.15, 0.2) is 24.4 Å². The van der Waals surface area contributed by atoms with Gasteiger partial charge < -0.3 is 24.7 Å². The molecular weight excluding hydrogens is 350 g/mol. The van der Waals surface area contributed by atoms with E-state index in [0.717, 1.165) is 5.52 Å². The van der Waals surface area contributed by atoms with Gasteiger partial charge in [-0.2, -0.15) is 0 Å². The zero-order chi connectivity index (χ0) is 19.4. The van der Waals surface area contributed by atoms with Gasteiger partial charge in [-0.05, 0) is 38.0 Å². The standard InChI is InChI=1S/C19H23N3O5/c1-3-27-19(25)22-8-6-12(7-9-22)21-18(24)17(23)15-11-20-16-5-4-13(26-2)10-14(15)16/h4-5,10-12,20H,3,6-9H2,1-2H3,(H,21,24). The minimum atomic E-state index is -0.645. The molecule has 2 heterocycles. The van der Waals surface area contributed by atoms with Gasteiger partial charge in [0.2, 0.25) is 0 Å². The van der Waals surface area contributed by atoms with Gasteiger partial charge in [-0.25, -0.2) is 4.79 Å². The fourth-order valence-corrected chi connectivity index (χ4v) is 3.21. The zero-order valence-electron chi connectivity index (χ0n) is 15.4. The highest BCUT2D eigenvalue weighted by atomic mass is 16.6. The second-order valence-electron chi connectivity index (χ2n) is 6.38. The van der Waals surface area contributed by atoms with Crippen molar-refractivity contribution >= 4 is 28.7 Å². The molecule has 0 spiro atoms. The molecule has 1 fully saturated rings. The Balaban J connectivity index is 1.62. The number of nitrogens with one attached hydrogen (secondary N) is 2. The topological polar surface area (TPSA) is 101 Å². The first kappa shape index (κ1) is 18.8. The number of hydrogen-bond acceptors (Lipinski definition) is 5. The number of fused-ring (bicyclic) bond motifs is 1. The Morgan fingerprint density at radius 2 is 2.00 bits per heavy atom. The summed E-state index contributed by atoms with van der Waals surface area (Å²) in [5.74, 6) is -0.626. The number of piperidine rings is 1. The lowest BCUT2D eigenvalue weighted by Gasteiger charge is -2.31. The molecule has 8 heteroatoms. The van der Waals surface area contributed by atoms with E-state index in [1.807, 2.05) is 0 Å². The summed E-state index contributed by atoms with van der Waals surface area (Å²) in [7, 11) is 1.55. The van der Waals surface area contributed by atoms with Crippen LogP contribution in [0, 0.1) is 0 Å². The van der Waals surface area contributed by atoms with Gasteiger partial charge in [0.1, 0.15) is 5.75 Å². The molecule has 1 aromatic heterocycles. The number of amides is 2. The lowest BCUT2D eigenvalue weighted by molar-refractivity contribution is -0.117. The van der Waals surface area contributed by atoms with E-state index in [9.17, 15) is 14.4 Å². The van der Waals surface area contributed by atoms with Gasteiger partial charge in [-0.3, -0.25) is 9.59 Å². The SMILES string of the molecule is CCOC(=O)N1CCC(NC(=O)C(=O)c2c[nH]c3ccc(OC)cc23)CC1. The van der Waals surface area contributed by atoms with Crippen molar-refractivity contribution in [1.29, 1.82) is 0 Å². The van der Waals surface area contributed by atoms with Crippen LogP contribution in [-0.4, -0.2) is 60.5 Å². The third-order valence-corrected chi connectivity index (χ3v) is 4.70. The van der Waals surface area contributed by atoms with Crippen LogP contribution in [0.3, 0.4) is 0 Å². The number of nitrogens with zero attached hydrogens (tertiary/aromatic N) is 1. The maximum absolute atomic E-state index is 12.6. The molecule has 1 aromatic carbocycles. The molecule has 0 unspecified atom stereocenters. The summed E-state index contributed by atoms with van der Waals surface area (Å²) < 4.78 is 10.2. The van der Waals surface area contributed by atoms with E-state index in [0.29, 0.717) is 49.2 Å². The summed E-state index contributed by atoms with van der Waals surface area (Å²) in [4.78, 5) is 41.3. The number of aromatic amines is 1. The van der Waals surface area contributed by atoms with Crippen molar-refractivity contribution < 1.29 is 23.9 Å². The van der Waals surface area contributed by atoms with Crippen molar-refractivity contribution in [2.45, 2.75) is 25.8 Å². The molecule has 1 aliphatic heterocycles. The van der Waals surface area contributed by atoms with Gasteiger partial charge in [0.05, 0.1) is 19.3 Å². The van der Waals surface area contributed by atoms with E-state index >= 15 is 0 Å². The molecule has 3 rings (SSSR count). The second kappa shape index (κ2) is 8.11. The molecule has 2 amide bonds. The number of likely N-dealkylation sites (tertiary alicyclic amines) is 1. The normalized spacial score (nSPS) is 14.8. The average molecular weight is 373 g/mol. The van der Waals surface area contributed by atoms with Crippen LogP contribution in [0.4, 0.5) is 4.79 Å². The number of benzene rings is 1. The summed E-state index contributed by atoms with van der Waals surface area (Å²) >= 11 is 0. The maximum Gasteiger partial charge on any atom is 0.409 e. The number of H-pyrrole nitrogens is 1. The largest absolute Gasteiger partial charge is 0.497 e. The molecule has 0 saturated carbocycles. The van der Waals surface area contributed by atoms with Crippen molar-refractivity contribution in [2.75, 3.05) is 26.8 Å². The Morgan fingerprint density at radius 1 is 1.26 bits per heavy atom. The molecule has 0 aliphatic carbocycles. The van der Waals surface area contributed by atoms with Gasteiger partial charge in [0.25, 0.3) is 11.7 Å². The Bertz CT molecular complexity index is 852. The van der Waals surface area contributed by atoms with Gasteiger partial charge >= 0.3 is 6.09 Å². The molecular formula is C19H23N3O5. The summed E-state index contributed by atoms with van der Waals surface area (Å²) in [5, 5.41) is 3.42. The van der Waals surface area contributed by atoms with E-state index in [2.05, 4.69) is 10.3 Å². The number of rotatable bonds is 5. The number of hydrogen-bond donors (Lipinski definition) is 2. The molecule has 1 saturated heterocycles. The Hall–Kier alpha value is -3.03. The highest BCUT2D eigenvalue weighted by Gasteiger charge is 2.27. The van der Waals surface area contributed by atoms with E-state index in [1.54, 1.807) is 37.1 Å². The fraction of sp³-hybridized carbons (Fsp3) is 0.421. The number of carbonyl (C=O) groups excluding carboxylic acids is 3. The van der Waals surface area contributed by atoms with Crippen molar-refractivity contribution in [3.8, 4) is 5.75 Å². The van der Waals surface area contributed by atoms with Crippen LogP contribution in [0.5, 0.6) is 5.75 Å². The minimum absolute atomic E-state index is 0.146. The highest BCUT2D eigenvalue weighted by molar-refractivity contribution is 6.45. The quantitative estimate of drug-likeness (QED) is 0.617. The molecule has 1 aliphatic rings. The van der Waals surface area contributed by atoms with Gasteiger partial charge in [-0.15, -0.1) is 0 Å². The minimum Gasteiger partial charge on any atom is -0.497 e. The van der Waals surface area contributed by atoms with Gasteiger partial charge in [0.15, 0.2) is 0 Å². The number of ether oxygens (including phenoxy) is 2. The smallest absolute Gasteiger partial charge is 0.409 e. The first-order chi connectivity index (χ1) is 13.0. The van der Waals surface area contributed by atoms with Gasteiger partial charge in [-0.1, -0.05) is 0 Å². The molecule has 0 bridgehead atoms. The van der Waals surface area contributed by atoms with Crippen LogP contribution < -0.4 is 10.1 Å². The number of carbonyl (C=O) groups is 3. The van der Waals surface area contributed by atoms with Gasteiger partial charge in [0, 0.05) is 36.2 Å². The zero-order valence-corrected chi connectivity index (χ0v) is 15.4. The lowest BCUT2D eigenvalue weighted by atomic mass is 10.0. The summed E-state index contributed by atoms with van der Waals surface area (Å²) in [6, 6.07) is 5.16. The van der Waals surface area contributed by atoms with Crippen LogP contribution in [0.2, 0.25) is 0 Å². The Morgan fingerprint density at radius 3 is 2.67 bits per heavy atom. The molecule has 0 radical (unpaired) electrons. The second-order valence-corrected chi connectivity index (χ2v) is 6.38. The van der Waals surface area contributed by atoms with Crippen molar-refractivity contribution in [3.05, 3.63) is 30.0 Å². The molecule has 144 valence electrons. The Labute approximate surface area is 156 Å². The monoisotopic (exact) mass is 373 g/mol. The summed E-state index contributed by atoms with van der Waals surface area (Å²) in [6.45, 7) is 3.07. The number of methoxy groups -OCH3 is 1. The molecule has 2 aromatic rings. The van der Waals surface area contributed by atoms with Crippen LogP contribution in [-0.2, 0) is 9.53 Å². The predicted molar refractivity (Wildman–Crippen MR) is 98.9 cm³/mol. The Kier molecular flexibility index (Phi) is 5.63. The predicted octanol–water partition coefficient (Wildman–Crippen LogP) is 2.10. The maximum atomic E-state index is 12.6. The third kappa shape index (κ3) is 4.05. The molecule has 27 heavy (non-hydrogen) atoms. The van der Waals surface area contributed by atoms with Crippen LogP contribution >= 0.6 is 0 Å². The first-order valence-corrected chi connectivity index (χ1v) is 8.95. The van der Waals surface area contributed by atoms with Crippen molar-refractivity contribution in [1.82, 2.24) is 15.2 Å². The van der Waals surface area contributed by atoms with Crippen molar-refractivity contribution in [3.63, 3.8) is 0 Å². The summed E-state index contributed by atoms with van der Waals surface area (Å²) in [5.41, 5.74) is 1.07. The van der Waals surface area contributed by atoms with Crippen molar-refractivity contribution in [2.24, 2.45) is 0 Å². The molecule has 8 nitrogen and oxygen atoms in total. The van der Waals surface area contributed by atoms with Crippen LogP contribution in [0.25, 0.3) is 10.9 Å². The third-order valence-electron chi connectivity index (χ3n) is 4.70. The van der Waals surface area contributed by atoms with E-state index in [-0.39, 0.29) is 12.1 Å². The number of ketones is 1. The lowest BCUT2D eigenvalue weighted by Crippen LogP contribution is -2.48. The molecule has 0 atom stereocenters. The van der Waals surface area contributed by atoms with E-state index in [4.69, 9.17) is 9.47 Å². The highest BCUT2D eigenvalue weighted by Crippen LogP contribution is 2.24. The number of Topliss-reactive ketones (excluding diaryl/α,β-unsaturated/α-hetero) is 1. The number of aromatic nitrogens is 1. The van der Waals surface area contributed by atoms with Crippen LogP contribution in [0.1, 0.15) is 30.1 Å². The first-order valence-electron chi connectivity index (χ1n) is 8.95.